The van der Waals surface area contributed by atoms with Crippen molar-refractivity contribution in [3.63, 3.8) is 0 Å². The molecule has 0 N–H and O–H groups in total. The number of fused-ring (bicyclic) bond motifs is 1. The Labute approximate surface area is 128 Å². The van der Waals surface area contributed by atoms with Crippen LogP contribution in [0.3, 0.4) is 0 Å². The Morgan fingerprint density at radius 3 is 2.62 bits per heavy atom. The predicted octanol–water partition coefficient (Wildman–Crippen LogP) is 2.96. The van der Waals surface area contributed by atoms with Crippen LogP contribution in [0.25, 0.3) is 0 Å². The van der Waals surface area contributed by atoms with Crippen molar-refractivity contribution in [1.29, 1.82) is 0 Å². The summed E-state index contributed by atoms with van der Waals surface area (Å²) >= 11 is 5.10. The zero-order valence-corrected chi connectivity index (χ0v) is 13.0. The first-order valence-electron chi connectivity index (χ1n) is 6.39. The van der Waals surface area contributed by atoms with Crippen LogP contribution in [0.15, 0.2) is 47.4 Å². The summed E-state index contributed by atoms with van der Waals surface area (Å²) < 4.78 is 28.4. The number of aryl methyl sites for hydroxylation is 1. The molecule has 0 fully saturated rings. The molecule has 0 aromatic heterocycles. The van der Waals surface area contributed by atoms with Crippen LogP contribution in [0.1, 0.15) is 11.1 Å². The summed E-state index contributed by atoms with van der Waals surface area (Å²) in [6.07, 6.45) is 0. The molecule has 2 aromatic carbocycles. The van der Waals surface area contributed by atoms with Gasteiger partial charge in [0.2, 0.25) is 6.79 Å². The lowest BCUT2D eigenvalue weighted by Gasteiger charge is -2.09. The van der Waals surface area contributed by atoms with Crippen molar-refractivity contribution in [2.45, 2.75) is 18.4 Å². The molecular weight excluding hydrogens is 308 g/mol. The van der Waals surface area contributed by atoms with E-state index in [1.807, 2.05) is 31.2 Å². The van der Waals surface area contributed by atoms with E-state index in [1.165, 1.54) is 0 Å². The molecule has 1 aliphatic rings. The van der Waals surface area contributed by atoms with Crippen LogP contribution in [-0.2, 0) is 30.8 Å². The van der Waals surface area contributed by atoms with E-state index in [1.54, 1.807) is 18.2 Å². The molecule has 0 aliphatic carbocycles. The third-order valence-corrected chi connectivity index (χ3v) is 5.27. The summed E-state index contributed by atoms with van der Waals surface area (Å²) in [6, 6.07) is 12.7. The largest absolute Gasteiger partial charge is 0.454 e. The minimum absolute atomic E-state index is 0.160. The summed E-state index contributed by atoms with van der Waals surface area (Å²) in [4.78, 5) is 0.517. The van der Waals surface area contributed by atoms with Gasteiger partial charge in [0.15, 0.2) is 20.3 Å². The second kappa shape index (κ2) is 5.63. The van der Waals surface area contributed by atoms with Crippen molar-refractivity contribution in [1.82, 2.24) is 0 Å². The van der Waals surface area contributed by atoms with Crippen LogP contribution in [0, 0.1) is 6.92 Å². The molecule has 4 nitrogen and oxygen atoms in total. The fraction of sp³-hybridized carbons (Fsp3) is 0.200. The summed E-state index contributed by atoms with van der Waals surface area (Å²) in [6.45, 7) is 2.34. The first-order valence-corrected chi connectivity index (χ1v) is 8.80. The molecule has 1 atom stereocenters. The highest BCUT2D eigenvalue weighted by Crippen LogP contribution is 2.32. The van der Waals surface area contributed by atoms with E-state index in [2.05, 4.69) is 0 Å². The average molecular weight is 322 g/mol. The van der Waals surface area contributed by atoms with Gasteiger partial charge in [0.05, 0.1) is 11.5 Å². The monoisotopic (exact) mass is 322 g/mol. The van der Waals surface area contributed by atoms with Crippen LogP contribution < -0.4 is 9.47 Å². The molecule has 3 rings (SSSR count). The third kappa shape index (κ3) is 3.18. The molecular formula is C15H14O4S2. The lowest BCUT2D eigenvalue weighted by Crippen LogP contribution is -2.05. The molecule has 6 heteroatoms. The van der Waals surface area contributed by atoms with Crippen molar-refractivity contribution in [3.8, 4) is 11.5 Å². The van der Waals surface area contributed by atoms with Crippen LogP contribution in [0.2, 0.25) is 0 Å². The Kier molecular flexibility index (Phi) is 3.84. The Hall–Kier alpha value is -1.63. The molecule has 1 heterocycles. The summed E-state index contributed by atoms with van der Waals surface area (Å²) in [5.41, 5.74) is 1.92. The highest BCUT2D eigenvalue weighted by molar-refractivity contribution is 8.30. The highest BCUT2D eigenvalue weighted by Gasteiger charge is 2.15. The lowest BCUT2D eigenvalue weighted by molar-refractivity contribution is 0.174. The lowest BCUT2D eigenvalue weighted by atomic mass is 10.2. The second-order valence-corrected chi connectivity index (χ2v) is 7.65. The van der Waals surface area contributed by atoms with Gasteiger partial charge in [-0.3, -0.25) is 4.18 Å². The Morgan fingerprint density at radius 2 is 1.86 bits per heavy atom. The molecule has 21 heavy (non-hydrogen) atoms. The summed E-state index contributed by atoms with van der Waals surface area (Å²) in [7, 11) is -2.93. The third-order valence-electron chi connectivity index (χ3n) is 3.13. The van der Waals surface area contributed by atoms with Gasteiger partial charge in [0, 0.05) is 11.2 Å². The molecule has 0 saturated carbocycles. The fourth-order valence-corrected chi connectivity index (χ4v) is 3.32. The van der Waals surface area contributed by atoms with E-state index in [0.29, 0.717) is 16.4 Å². The van der Waals surface area contributed by atoms with Crippen LogP contribution in [0.4, 0.5) is 0 Å². The van der Waals surface area contributed by atoms with E-state index in [-0.39, 0.29) is 13.4 Å². The normalized spacial score (nSPS) is 15.7. The Morgan fingerprint density at radius 1 is 1.14 bits per heavy atom. The number of hydrogen-bond donors (Lipinski definition) is 0. The van der Waals surface area contributed by atoms with Gasteiger partial charge in [-0.25, -0.2) is 4.21 Å². The van der Waals surface area contributed by atoms with E-state index >= 15 is 0 Å². The van der Waals surface area contributed by atoms with Crippen molar-refractivity contribution in [2.24, 2.45) is 0 Å². The topological polar surface area (TPSA) is 44.8 Å². The maximum absolute atomic E-state index is 12.4. The fourth-order valence-electron chi connectivity index (χ4n) is 1.95. The second-order valence-electron chi connectivity index (χ2n) is 4.72. The first kappa shape index (κ1) is 14.3. The van der Waals surface area contributed by atoms with Gasteiger partial charge in [0.1, 0.15) is 0 Å². The molecule has 1 aliphatic heterocycles. The van der Waals surface area contributed by atoms with E-state index in [9.17, 15) is 4.21 Å². The maximum atomic E-state index is 12.4. The van der Waals surface area contributed by atoms with Gasteiger partial charge in [-0.1, -0.05) is 23.8 Å². The van der Waals surface area contributed by atoms with Gasteiger partial charge in [-0.15, -0.1) is 0 Å². The summed E-state index contributed by atoms with van der Waals surface area (Å²) in [5.74, 6) is 1.37. The molecule has 110 valence electrons. The molecule has 0 bridgehead atoms. The van der Waals surface area contributed by atoms with Crippen molar-refractivity contribution in [3.05, 3.63) is 53.6 Å². The predicted molar refractivity (Wildman–Crippen MR) is 82.3 cm³/mol. The molecule has 1 unspecified atom stereocenters. The van der Waals surface area contributed by atoms with E-state index in [4.69, 9.17) is 24.8 Å². The highest BCUT2D eigenvalue weighted by atomic mass is 32.8. The van der Waals surface area contributed by atoms with Crippen LogP contribution >= 0.6 is 0 Å². The number of benzene rings is 2. The molecule has 0 radical (unpaired) electrons. The molecule has 0 spiro atoms. The van der Waals surface area contributed by atoms with Gasteiger partial charge in [-0.05, 0) is 36.8 Å². The smallest absolute Gasteiger partial charge is 0.231 e. The van der Waals surface area contributed by atoms with Gasteiger partial charge in [-0.2, -0.15) is 0 Å². The van der Waals surface area contributed by atoms with Crippen LogP contribution in [0.5, 0.6) is 11.5 Å². The zero-order valence-electron chi connectivity index (χ0n) is 11.4. The van der Waals surface area contributed by atoms with Crippen molar-refractivity contribution >= 4 is 20.0 Å². The molecule has 0 saturated heterocycles. The van der Waals surface area contributed by atoms with Crippen molar-refractivity contribution < 1.29 is 17.9 Å². The maximum Gasteiger partial charge on any atom is 0.231 e. The van der Waals surface area contributed by atoms with Gasteiger partial charge < -0.3 is 9.47 Å². The van der Waals surface area contributed by atoms with Crippen LogP contribution in [-0.4, -0.2) is 11.0 Å². The minimum Gasteiger partial charge on any atom is -0.454 e. The first-order chi connectivity index (χ1) is 10.0. The number of hydrogen-bond acceptors (Lipinski definition) is 5. The molecule has 2 aromatic rings. The molecule has 0 amide bonds. The number of rotatable bonds is 4. The summed E-state index contributed by atoms with van der Waals surface area (Å²) in [5, 5.41) is 0. The van der Waals surface area contributed by atoms with Gasteiger partial charge >= 0.3 is 0 Å². The minimum atomic E-state index is -2.93. The van der Waals surface area contributed by atoms with Crippen molar-refractivity contribution in [2.75, 3.05) is 6.79 Å². The number of ether oxygens (including phenoxy) is 2. The Balaban J connectivity index is 1.73. The van der Waals surface area contributed by atoms with Gasteiger partial charge in [0.25, 0.3) is 0 Å². The standard InChI is InChI=1S/C15H14O4S2/c1-11-2-5-13(6-3-11)21(16,20)19-9-12-4-7-14-15(8-12)18-10-17-14/h2-8H,9-10H2,1H3. The SMILES string of the molecule is Cc1ccc(S(=O)(=S)OCc2ccc3c(c2)OCO3)cc1. The van der Waals surface area contributed by atoms with E-state index < -0.39 is 8.77 Å². The quantitative estimate of drug-likeness (QED) is 0.866. The Bertz CT molecular complexity index is 752. The average Bonchev–Trinajstić information content (AvgIpc) is 2.93. The zero-order chi connectivity index (χ0) is 14.9. The van der Waals surface area contributed by atoms with E-state index in [0.717, 1.165) is 11.1 Å².